The third kappa shape index (κ3) is 3.43. The van der Waals surface area contributed by atoms with Crippen LogP contribution < -0.4 is 10.1 Å². The summed E-state index contributed by atoms with van der Waals surface area (Å²) in [7, 11) is 1.88. The minimum Gasteiger partial charge on any atom is -0.439 e. The summed E-state index contributed by atoms with van der Waals surface area (Å²) >= 11 is 5.68. The van der Waals surface area contributed by atoms with E-state index in [4.69, 9.17) is 16.3 Å². The van der Waals surface area contributed by atoms with Gasteiger partial charge in [0.05, 0.1) is 5.02 Å². The zero-order valence-electron chi connectivity index (χ0n) is 10.7. The van der Waals surface area contributed by atoms with E-state index in [0.717, 1.165) is 5.56 Å². The van der Waals surface area contributed by atoms with E-state index in [-0.39, 0.29) is 11.1 Å². The maximum absolute atomic E-state index is 13.0. The fourth-order valence-electron chi connectivity index (χ4n) is 1.54. The predicted octanol–water partition coefficient (Wildman–Crippen LogP) is 3.95. The van der Waals surface area contributed by atoms with Crippen LogP contribution in [0.2, 0.25) is 5.02 Å². The molecule has 0 saturated heterocycles. The van der Waals surface area contributed by atoms with Crippen LogP contribution in [0.15, 0.2) is 36.5 Å². The monoisotopic (exact) mass is 280 g/mol. The summed E-state index contributed by atoms with van der Waals surface area (Å²) in [6.07, 6.45) is 1.74. The van der Waals surface area contributed by atoms with Crippen molar-refractivity contribution in [1.82, 2.24) is 10.3 Å². The summed E-state index contributed by atoms with van der Waals surface area (Å²) < 4.78 is 18.5. The van der Waals surface area contributed by atoms with E-state index in [2.05, 4.69) is 10.3 Å². The van der Waals surface area contributed by atoms with Crippen LogP contribution in [0, 0.1) is 5.82 Å². The number of halogens is 2. The highest BCUT2D eigenvalue weighted by molar-refractivity contribution is 6.30. The summed E-state index contributed by atoms with van der Waals surface area (Å²) in [6.45, 7) is 2.04. The van der Waals surface area contributed by atoms with Crippen molar-refractivity contribution in [2.24, 2.45) is 0 Å². The molecule has 1 unspecified atom stereocenters. The number of pyridine rings is 1. The smallest absolute Gasteiger partial charge is 0.219 e. The number of ether oxygens (including phenoxy) is 1. The van der Waals surface area contributed by atoms with Crippen LogP contribution in [0.3, 0.4) is 0 Å². The fraction of sp³-hybridized carbons (Fsp3) is 0.214. The van der Waals surface area contributed by atoms with Gasteiger partial charge in [-0.3, -0.25) is 0 Å². The third-order valence-corrected chi connectivity index (χ3v) is 3.10. The Hall–Kier alpha value is -1.65. The van der Waals surface area contributed by atoms with Gasteiger partial charge < -0.3 is 10.1 Å². The molecule has 5 heteroatoms. The Morgan fingerprint density at radius 1 is 1.32 bits per heavy atom. The van der Waals surface area contributed by atoms with Crippen molar-refractivity contribution in [2.75, 3.05) is 7.05 Å². The second-order valence-corrected chi connectivity index (χ2v) is 4.53. The zero-order chi connectivity index (χ0) is 13.8. The van der Waals surface area contributed by atoms with E-state index in [1.165, 1.54) is 18.2 Å². The minimum atomic E-state index is -0.472. The molecule has 0 bridgehead atoms. The van der Waals surface area contributed by atoms with E-state index in [1.54, 1.807) is 12.3 Å². The number of aromatic nitrogens is 1. The molecule has 0 amide bonds. The molecule has 0 radical (unpaired) electrons. The molecule has 0 fully saturated rings. The molecule has 0 aliphatic rings. The number of rotatable bonds is 4. The molecule has 1 aromatic heterocycles. The second-order valence-electron chi connectivity index (χ2n) is 4.12. The average molecular weight is 281 g/mol. The van der Waals surface area contributed by atoms with E-state index in [9.17, 15) is 4.39 Å². The second kappa shape index (κ2) is 5.99. The molecule has 0 spiro atoms. The predicted molar refractivity (Wildman–Crippen MR) is 73.2 cm³/mol. The molecule has 2 rings (SSSR count). The number of nitrogens with one attached hydrogen (secondary N) is 1. The standard InChI is InChI=1S/C14H14ClFN2O/c1-9(17-2)10-3-6-14(18-8-10)19-11-4-5-13(16)12(15)7-11/h3-9,17H,1-2H3. The minimum absolute atomic E-state index is 0.0259. The molecule has 0 aliphatic carbocycles. The lowest BCUT2D eigenvalue weighted by Crippen LogP contribution is -2.12. The average Bonchev–Trinajstić information content (AvgIpc) is 2.43. The zero-order valence-corrected chi connectivity index (χ0v) is 11.4. The molecule has 1 aromatic carbocycles. The first-order valence-corrected chi connectivity index (χ1v) is 6.24. The van der Waals surface area contributed by atoms with Gasteiger partial charge in [-0.25, -0.2) is 9.37 Å². The highest BCUT2D eigenvalue weighted by atomic mass is 35.5. The number of benzene rings is 1. The van der Waals surface area contributed by atoms with Gasteiger partial charge in [-0.05, 0) is 31.7 Å². The lowest BCUT2D eigenvalue weighted by molar-refractivity contribution is 0.460. The molecule has 3 nitrogen and oxygen atoms in total. The topological polar surface area (TPSA) is 34.1 Å². The van der Waals surface area contributed by atoms with Crippen molar-refractivity contribution < 1.29 is 9.13 Å². The van der Waals surface area contributed by atoms with Crippen LogP contribution in [0.1, 0.15) is 18.5 Å². The van der Waals surface area contributed by atoms with Crippen molar-refractivity contribution in [2.45, 2.75) is 13.0 Å². The Morgan fingerprint density at radius 2 is 2.11 bits per heavy atom. The van der Waals surface area contributed by atoms with E-state index in [1.807, 2.05) is 20.0 Å². The van der Waals surface area contributed by atoms with Crippen molar-refractivity contribution >= 4 is 11.6 Å². The summed E-state index contributed by atoms with van der Waals surface area (Å²) in [4.78, 5) is 4.20. The fourth-order valence-corrected chi connectivity index (χ4v) is 1.71. The molecule has 0 saturated carbocycles. The highest BCUT2D eigenvalue weighted by Crippen LogP contribution is 2.25. The molecule has 2 aromatic rings. The Kier molecular flexibility index (Phi) is 4.35. The SMILES string of the molecule is CNC(C)c1ccc(Oc2ccc(F)c(Cl)c2)nc1. The van der Waals surface area contributed by atoms with Crippen molar-refractivity contribution in [3.63, 3.8) is 0 Å². The Morgan fingerprint density at radius 3 is 2.68 bits per heavy atom. The van der Waals surface area contributed by atoms with Crippen LogP contribution in [0.4, 0.5) is 4.39 Å². The quantitative estimate of drug-likeness (QED) is 0.921. The summed E-state index contributed by atoms with van der Waals surface area (Å²) in [5, 5.41) is 3.15. The lowest BCUT2D eigenvalue weighted by Gasteiger charge is -2.11. The highest BCUT2D eigenvalue weighted by Gasteiger charge is 2.06. The summed E-state index contributed by atoms with van der Waals surface area (Å²) in [6, 6.07) is 8.10. The van der Waals surface area contributed by atoms with Gasteiger partial charge in [-0.2, -0.15) is 0 Å². The number of hydrogen-bond donors (Lipinski definition) is 1. The van der Waals surface area contributed by atoms with Crippen LogP contribution in [-0.2, 0) is 0 Å². The van der Waals surface area contributed by atoms with Gasteiger partial charge in [0.15, 0.2) is 0 Å². The van der Waals surface area contributed by atoms with Crippen molar-refractivity contribution in [3.05, 3.63) is 52.9 Å². The van der Waals surface area contributed by atoms with Crippen LogP contribution >= 0.6 is 11.6 Å². The number of hydrogen-bond acceptors (Lipinski definition) is 3. The largest absolute Gasteiger partial charge is 0.439 e. The van der Waals surface area contributed by atoms with Gasteiger partial charge in [0.2, 0.25) is 5.88 Å². The Balaban J connectivity index is 2.12. The van der Waals surface area contributed by atoms with E-state index < -0.39 is 5.82 Å². The molecule has 0 aliphatic heterocycles. The maximum Gasteiger partial charge on any atom is 0.219 e. The molecule has 1 atom stereocenters. The normalized spacial score (nSPS) is 12.2. The molecular formula is C14H14ClFN2O. The van der Waals surface area contributed by atoms with Gasteiger partial charge in [0, 0.05) is 24.4 Å². The summed E-state index contributed by atoms with van der Waals surface area (Å²) in [5.41, 5.74) is 1.06. The molecule has 100 valence electrons. The van der Waals surface area contributed by atoms with E-state index >= 15 is 0 Å². The van der Waals surface area contributed by atoms with Gasteiger partial charge >= 0.3 is 0 Å². The van der Waals surface area contributed by atoms with E-state index in [0.29, 0.717) is 11.6 Å². The molecule has 1 N–H and O–H groups in total. The van der Waals surface area contributed by atoms with Gasteiger partial charge in [0.1, 0.15) is 11.6 Å². The maximum atomic E-state index is 13.0. The van der Waals surface area contributed by atoms with Gasteiger partial charge in [0.25, 0.3) is 0 Å². The molecule has 19 heavy (non-hydrogen) atoms. The first-order valence-electron chi connectivity index (χ1n) is 5.86. The Labute approximate surface area is 116 Å². The van der Waals surface area contributed by atoms with Crippen LogP contribution in [0.25, 0.3) is 0 Å². The van der Waals surface area contributed by atoms with Crippen molar-refractivity contribution in [1.29, 1.82) is 0 Å². The van der Waals surface area contributed by atoms with Gasteiger partial charge in [-0.15, -0.1) is 0 Å². The number of nitrogens with zero attached hydrogens (tertiary/aromatic N) is 1. The van der Waals surface area contributed by atoms with Gasteiger partial charge in [-0.1, -0.05) is 17.7 Å². The molecular weight excluding hydrogens is 267 g/mol. The van der Waals surface area contributed by atoms with Crippen LogP contribution in [0.5, 0.6) is 11.6 Å². The lowest BCUT2D eigenvalue weighted by atomic mass is 10.1. The van der Waals surface area contributed by atoms with Crippen molar-refractivity contribution in [3.8, 4) is 11.6 Å². The third-order valence-electron chi connectivity index (χ3n) is 2.81. The molecule has 1 heterocycles. The first-order chi connectivity index (χ1) is 9.10. The summed E-state index contributed by atoms with van der Waals surface area (Å²) in [5.74, 6) is 0.420. The first kappa shape index (κ1) is 13.8. The Bertz CT molecular complexity index is 560. The van der Waals surface area contributed by atoms with Crippen LogP contribution in [-0.4, -0.2) is 12.0 Å².